The molecule has 0 amide bonds. The lowest BCUT2D eigenvalue weighted by molar-refractivity contribution is 0.198. The van der Waals surface area contributed by atoms with E-state index in [4.69, 9.17) is 22.1 Å². The Morgan fingerprint density at radius 2 is 1.79 bits per heavy atom. The minimum absolute atomic E-state index is 0.0754. The summed E-state index contributed by atoms with van der Waals surface area (Å²) >= 11 is 7.75. The number of fused-ring (bicyclic) bond motifs is 1. The van der Waals surface area contributed by atoms with E-state index in [1.807, 2.05) is 36.0 Å². The number of hydrogen-bond donors (Lipinski definition) is 1. The van der Waals surface area contributed by atoms with Crippen LogP contribution < -0.4 is 15.4 Å². The SMILES string of the molecule is NC1SCc2ccccc2N1C1CCN(CCCCOc2ccc(Cl)cc2)CC1. The fourth-order valence-corrected chi connectivity index (χ4v) is 5.43. The average molecular weight is 432 g/mol. The smallest absolute Gasteiger partial charge is 0.126 e. The lowest BCUT2D eigenvalue weighted by atomic mass is 10.0. The van der Waals surface area contributed by atoms with Crippen molar-refractivity contribution in [3.8, 4) is 5.75 Å². The third kappa shape index (κ3) is 5.40. The van der Waals surface area contributed by atoms with Crippen LogP contribution in [-0.4, -0.2) is 42.7 Å². The molecular formula is C23H30ClN3OS. The number of thioether (sulfide) groups is 1. The van der Waals surface area contributed by atoms with Gasteiger partial charge in [0, 0.05) is 35.6 Å². The molecule has 29 heavy (non-hydrogen) atoms. The van der Waals surface area contributed by atoms with Gasteiger partial charge in [-0.3, -0.25) is 0 Å². The molecule has 2 N–H and O–H groups in total. The summed E-state index contributed by atoms with van der Waals surface area (Å²) in [6, 6.07) is 16.9. The normalized spacial score (nSPS) is 20.5. The Morgan fingerprint density at radius 3 is 2.59 bits per heavy atom. The van der Waals surface area contributed by atoms with Crippen molar-refractivity contribution < 1.29 is 4.74 Å². The molecule has 1 atom stereocenters. The number of unbranched alkanes of at least 4 members (excludes halogenated alkanes) is 1. The van der Waals surface area contributed by atoms with Crippen LogP contribution in [0, 0.1) is 0 Å². The number of rotatable bonds is 7. The fourth-order valence-electron chi connectivity index (χ4n) is 4.26. The van der Waals surface area contributed by atoms with Crippen molar-refractivity contribution in [3.05, 3.63) is 59.1 Å². The molecule has 0 aliphatic carbocycles. The molecule has 0 aromatic heterocycles. The van der Waals surface area contributed by atoms with Crippen molar-refractivity contribution in [1.29, 1.82) is 0 Å². The Bertz CT molecular complexity index is 780. The van der Waals surface area contributed by atoms with Gasteiger partial charge in [-0.2, -0.15) is 0 Å². The second kappa shape index (κ2) is 10.1. The first kappa shape index (κ1) is 20.9. The summed E-state index contributed by atoms with van der Waals surface area (Å²) in [5.41, 5.74) is 9.32. The van der Waals surface area contributed by atoms with Crippen LogP contribution in [0.2, 0.25) is 5.02 Å². The van der Waals surface area contributed by atoms with E-state index in [1.54, 1.807) is 0 Å². The molecule has 2 heterocycles. The van der Waals surface area contributed by atoms with E-state index in [9.17, 15) is 0 Å². The summed E-state index contributed by atoms with van der Waals surface area (Å²) in [4.78, 5) is 5.06. The predicted octanol–water partition coefficient (Wildman–Crippen LogP) is 4.96. The van der Waals surface area contributed by atoms with Crippen LogP contribution in [-0.2, 0) is 5.75 Å². The van der Waals surface area contributed by atoms with E-state index in [-0.39, 0.29) is 5.50 Å². The van der Waals surface area contributed by atoms with Gasteiger partial charge in [-0.05, 0) is 68.1 Å². The number of benzene rings is 2. The van der Waals surface area contributed by atoms with E-state index >= 15 is 0 Å². The molecular weight excluding hydrogens is 402 g/mol. The summed E-state index contributed by atoms with van der Waals surface area (Å²) in [6.07, 6.45) is 4.61. The van der Waals surface area contributed by atoms with Gasteiger partial charge in [-0.1, -0.05) is 29.8 Å². The van der Waals surface area contributed by atoms with Gasteiger partial charge < -0.3 is 20.3 Å². The monoisotopic (exact) mass is 431 g/mol. The zero-order valence-electron chi connectivity index (χ0n) is 16.8. The second-order valence-corrected chi connectivity index (χ2v) is 9.36. The summed E-state index contributed by atoms with van der Waals surface area (Å²) < 4.78 is 5.79. The summed E-state index contributed by atoms with van der Waals surface area (Å²) in [6.45, 7) is 4.21. The molecule has 4 rings (SSSR count). The molecule has 2 aliphatic rings. The summed E-state index contributed by atoms with van der Waals surface area (Å²) in [7, 11) is 0. The maximum atomic E-state index is 6.48. The molecule has 2 aromatic rings. The van der Waals surface area contributed by atoms with Gasteiger partial charge in [-0.25, -0.2) is 0 Å². The summed E-state index contributed by atoms with van der Waals surface area (Å²) in [5.74, 6) is 1.91. The Morgan fingerprint density at radius 1 is 1.03 bits per heavy atom. The molecule has 1 saturated heterocycles. The van der Waals surface area contributed by atoms with Crippen LogP contribution in [0.4, 0.5) is 5.69 Å². The molecule has 0 saturated carbocycles. The highest BCUT2D eigenvalue weighted by Gasteiger charge is 2.32. The Balaban J connectivity index is 1.19. The standard InChI is InChI=1S/C23H30ClN3OS/c24-19-7-9-21(10-8-19)28-16-4-3-13-26-14-11-20(12-15-26)27-22-6-2-1-5-18(22)17-29-23(27)25/h1-2,5-10,20,23H,3-4,11-17,25H2. The van der Waals surface area contributed by atoms with Gasteiger partial charge in [0.25, 0.3) is 0 Å². The number of hydrogen-bond acceptors (Lipinski definition) is 5. The molecule has 6 heteroatoms. The molecule has 0 bridgehead atoms. The predicted molar refractivity (Wildman–Crippen MR) is 124 cm³/mol. The molecule has 1 fully saturated rings. The number of halogens is 1. The highest BCUT2D eigenvalue weighted by molar-refractivity contribution is 7.99. The number of ether oxygens (including phenoxy) is 1. The maximum absolute atomic E-state index is 6.48. The van der Waals surface area contributed by atoms with Crippen LogP contribution in [0.15, 0.2) is 48.5 Å². The van der Waals surface area contributed by atoms with Crippen molar-refractivity contribution in [3.63, 3.8) is 0 Å². The molecule has 156 valence electrons. The largest absolute Gasteiger partial charge is 0.494 e. The van der Waals surface area contributed by atoms with Gasteiger partial charge in [0.2, 0.25) is 0 Å². The van der Waals surface area contributed by atoms with E-state index in [0.29, 0.717) is 6.04 Å². The van der Waals surface area contributed by atoms with Gasteiger partial charge in [-0.15, -0.1) is 11.8 Å². The van der Waals surface area contributed by atoms with Crippen molar-refractivity contribution in [2.75, 3.05) is 31.1 Å². The van der Waals surface area contributed by atoms with Crippen molar-refractivity contribution in [2.24, 2.45) is 5.73 Å². The van der Waals surface area contributed by atoms with Crippen LogP contribution in [0.1, 0.15) is 31.2 Å². The van der Waals surface area contributed by atoms with Gasteiger partial charge in [0.1, 0.15) is 11.2 Å². The maximum Gasteiger partial charge on any atom is 0.126 e. The Kier molecular flexibility index (Phi) is 7.24. The Labute approximate surface area is 183 Å². The molecule has 4 nitrogen and oxygen atoms in total. The lowest BCUT2D eigenvalue weighted by Crippen LogP contribution is -2.52. The summed E-state index contributed by atoms with van der Waals surface area (Å²) in [5, 5.41) is 0.744. The van der Waals surface area contributed by atoms with Crippen molar-refractivity contribution >= 4 is 29.1 Å². The fraction of sp³-hybridized carbons (Fsp3) is 0.478. The van der Waals surface area contributed by atoms with E-state index < -0.39 is 0 Å². The topological polar surface area (TPSA) is 41.7 Å². The molecule has 0 spiro atoms. The van der Waals surface area contributed by atoms with Crippen molar-refractivity contribution in [2.45, 2.75) is 43.0 Å². The van der Waals surface area contributed by atoms with Crippen molar-refractivity contribution in [1.82, 2.24) is 4.90 Å². The van der Waals surface area contributed by atoms with E-state index in [2.05, 4.69) is 34.1 Å². The average Bonchev–Trinajstić information content (AvgIpc) is 2.75. The van der Waals surface area contributed by atoms with E-state index in [1.165, 1.54) is 30.5 Å². The number of nitrogens with two attached hydrogens (primary N) is 1. The van der Waals surface area contributed by atoms with Crippen LogP contribution in [0.3, 0.4) is 0 Å². The molecule has 0 radical (unpaired) electrons. The zero-order valence-corrected chi connectivity index (χ0v) is 18.4. The number of para-hydroxylation sites is 1. The molecule has 2 aromatic carbocycles. The van der Waals surface area contributed by atoms with E-state index in [0.717, 1.165) is 49.2 Å². The third-order valence-corrected chi connectivity index (χ3v) is 7.15. The first-order chi connectivity index (χ1) is 14.2. The van der Waals surface area contributed by atoms with Gasteiger partial charge >= 0.3 is 0 Å². The highest BCUT2D eigenvalue weighted by atomic mass is 35.5. The minimum atomic E-state index is 0.0754. The first-order valence-electron chi connectivity index (χ1n) is 10.5. The first-order valence-corrected chi connectivity index (χ1v) is 12.0. The number of nitrogens with zero attached hydrogens (tertiary/aromatic N) is 2. The molecule has 1 unspecified atom stereocenters. The highest BCUT2D eigenvalue weighted by Crippen LogP contribution is 2.37. The van der Waals surface area contributed by atoms with Crippen LogP contribution >= 0.6 is 23.4 Å². The van der Waals surface area contributed by atoms with Crippen LogP contribution in [0.5, 0.6) is 5.75 Å². The van der Waals surface area contributed by atoms with Gasteiger partial charge in [0.15, 0.2) is 0 Å². The number of piperidine rings is 1. The third-order valence-electron chi connectivity index (χ3n) is 5.86. The lowest BCUT2D eigenvalue weighted by Gasteiger charge is -2.45. The van der Waals surface area contributed by atoms with Gasteiger partial charge in [0.05, 0.1) is 6.61 Å². The minimum Gasteiger partial charge on any atom is -0.494 e. The number of likely N-dealkylation sites (tertiary alicyclic amines) is 1. The zero-order chi connectivity index (χ0) is 20.1. The number of anilines is 1. The second-order valence-electron chi connectivity index (χ2n) is 7.82. The van der Waals surface area contributed by atoms with Crippen LogP contribution in [0.25, 0.3) is 0 Å². The molecule has 2 aliphatic heterocycles. The Hall–Kier alpha value is -1.40. The quantitative estimate of drug-likeness (QED) is 0.627.